The molecule has 0 aliphatic carbocycles. The fourth-order valence-corrected chi connectivity index (χ4v) is 3.60. The lowest BCUT2D eigenvalue weighted by atomic mass is 10.3. The number of amides is 1. The van der Waals surface area contributed by atoms with Gasteiger partial charge in [0, 0.05) is 6.26 Å². The third-order valence-corrected chi connectivity index (χ3v) is 5.36. The molecule has 0 radical (unpaired) electrons. The van der Waals surface area contributed by atoms with Crippen molar-refractivity contribution in [1.29, 1.82) is 0 Å². The average Bonchev–Trinajstić information content (AvgIpc) is 3.21. The second-order valence-corrected chi connectivity index (χ2v) is 8.28. The number of hydrogen-bond donors (Lipinski definition) is 1. The highest BCUT2D eigenvalue weighted by molar-refractivity contribution is 7.99. The van der Waals surface area contributed by atoms with Crippen LogP contribution in [-0.4, -0.2) is 36.5 Å². The van der Waals surface area contributed by atoms with Gasteiger partial charge in [0.15, 0.2) is 9.84 Å². The summed E-state index contributed by atoms with van der Waals surface area (Å²) < 4.78 is 34.2. The largest absolute Gasteiger partial charge is 0.469 e. The SMILES string of the molecule is Cc1occc1-c1nnc(SCC(=O)Nc2ccccc2S(C)(=O)=O)o1. The second-order valence-electron chi connectivity index (χ2n) is 5.37. The van der Waals surface area contributed by atoms with Gasteiger partial charge in [-0.3, -0.25) is 4.79 Å². The number of nitrogens with zero attached hydrogens (tertiary/aromatic N) is 2. The normalized spacial score (nSPS) is 11.5. The first kappa shape index (κ1) is 18.2. The Morgan fingerprint density at radius 1 is 1.23 bits per heavy atom. The summed E-state index contributed by atoms with van der Waals surface area (Å²) in [6, 6.07) is 7.93. The Balaban J connectivity index is 1.64. The molecule has 0 bridgehead atoms. The summed E-state index contributed by atoms with van der Waals surface area (Å²) in [6.45, 7) is 1.78. The van der Waals surface area contributed by atoms with Gasteiger partial charge in [-0.15, -0.1) is 10.2 Å². The second kappa shape index (κ2) is 7.34. The van der Waals surface area contributed by atoms with Crippen LogP contribution in [0.5, 0.6) is 0 Å². The molecule has 0 saturated carbocycles. The predicted molar refractivity (Wildman–Crippen MR) is 95.6 cm³/mol. The number of para-hydroxylation sites is 1. The summed E-state index contributed by atoms with van der Waals surface area (Å²) in [5, 5.41) is 10.6. The van der Waals surface area contributed by atoms with Gasteiger partial charge in [-0.1, -0.05) is 23.9 Å². The van der Waals surface area contributed by atoms with Crippen LogP contribution >= 0.6 is 11.8 Å². The minimum atomic E-state index is -3.44. The Labute approximate surface area is 153 Å². The first-order valence-electron chi connectivity index (χ1n) is 7.44. The molecule has 1 aromatic carbocycles. The third kappa shape index (κ3) is 4.14. The summed E-state index contributed by atoms with van der Waals surface area (Å²) in [4.78, 5) is 12.2. The zero-order valence-electron chi connectivity index (χ0n) is 13.9. The molecule has 0 spiro atoms. The van der Waals surface area contributed by atoms with E-state index in [4.69, 9.17) is 8.83 Å². The van der Waals surface area contributed by atoms with Crippen LogP contribution in [0.4, 0.5) is 5.69 Å². The summed E-state index contributed by atoms with van der Waals surface area (Å²) in [6.07, 6.45) is 2.61. The summed E-state index contributed by atoms with van der Waals surface area (Å²) in [5.74, 6) is 0.566. The minimum Gasteiger partial charge on any atom is -0.469 e. The molecule has 0 unspecified atom stereocenters. The van der Waals surface area contributed by atoms with E-state index >= 15 is 0 Å². The molecule has 2 heterocycles. The summed E-state index contributed by atoms with van der Waals surface area (Å²) in [7, 11) is -3.44. The van der Waals surface area contributed by atoms with Crippen LogP contribution in [-0.2, 0) is 14.6 Å². The molecule has 2 aromatic heterocycles. The van der Waals surface area contributed by atoms with Gasteiger partial charge in [-0.25, -0.2) is 8.42 Å². The number of furan rings is 1. The Morgan fingerprint density at radius 2 is 2.00 bits per heavy atom. The van der Waals surface area contributed by atoms with E-state index in [-0.39, 0.29) is 27.5 Å². The van der Waals surface area contributed by atoms with E-state index in [1.807, 2.05) is 0 Å². The Hall–Kier alpha value is -2.59. The maximum Gasteiger partial charge on any atom is 0.277 e. The van der Waals surface area contributed by atoms with Crippen LogP contribution in [0, 0.1) is 6.92 Å². The number of rotatable bonds is 6. The van der Waals surface area contributed by atoms with Crippen molar-refractivity contribution in [2.75, 3.05) is 17.3 Å². The molecule has 3 aromatic rings. The molecule has 10 heteroatoms. The first-order valence-corrected chi connectivity index (χ1v) is 10.3. The van der Waals surface area contributed by atoms with Gasteiger partial charge in [0.2, 0.25) is 5.91 Å². The van der Waals surface area contributed by atoms with Gasteiger partial charge >= 0.3 is 0 Å². The van der Waals surface area contributed by atoms with Crippen LogP contribution < -0.4 is 5.32 Å². The van der Waals surface area contributed by atoms with Gasteiger partial charge in [0.1, 0.15) is 5.76 Å². The number of anilines is 1. The zero-order valence-corrected chi connectivity index (χ0v) is 15.6. The first-order chi connectivity index (χ1) is 12.3. The van der Waals surface area contributed by atoms with E-state index in [2.05, 4.69) is 15.5 Å². The highest BCUT2D eigenvalue weighted by Crippen LogP contribution is 2.26. The van der Waals surface area contributed by atoms with Gasteiger partial charge in [0.25, 0.3) is 11.1 Å². The molecule has 0 atom stereocenters. The number of benzene rings is 1. The van der Waals surface area contributed by atoms with Crippen molar-refractivity contribution in [2.24, 2.45) is 0 Å². The Morgan fingerprint density at radius 3 is 2.69 bits per heavy atom. The molecule has 0 fully saturated rings. The van der Waals surface area contributed by atoms with Crippen LogP contribution in [0.3, 0.4) is 0 Å². The topological polar surface area (TPSA) is 115 Å². The van der Waals surface area contributed by atoms with Crippen molar-refractivity contribution in [2.45, 2.75) is 17.0 Å². The minimum absolute atomic E-state index is 0.00982. The summed E-state index contributed by atoms with van der Waals surface area (Å²) >= 11 is 1.05. The standard InChI is InChI=1S/C16H15N3O5S2/c1-10-11(7-8-23-10)15-18-19-16(24-15)25-9-14(20)17-12-5-3-4-6-13(12)26(2,21)22/h3-8H,9H2,1-2H3,(H,17,20). The van der Waals surface area contributed by atoms with E-state index in [1.54, 1.807) is 25.1 Å². The number of carbonyl (C=O) groups excluding carboxylic acids is 1. The molecular formula is C16H15N3O5S2. The van der Waals surface area contributed by atoms with Gasteiger partial charge < -0.3 is 14.2 Å². The van der Waals surface area contributed by atoms with Crippen LogP contribution in [0.2, 0.25) is 0 Å². The lowest BCUT2D eigenvalue weighted by molar-refractivity contribution is -0.113. The maximum atomic E-state index is 12.1. The smallest absolute Gasteiger partial charge is 0.277 e. The van der Waals surface area contributed by atoms with Crippen LogP contribution in [0.15, 0.2) is 55.5 Å². The van der Waals surface area contributed by atoms with Gasteiger partial charge in [-0.05, 0) is 25.1 Å². The molecule has 1 amide bonds. The predicted octanol–water partition coefficient (Wildman–Crippen LogP) is 2.77. The van der Waals surface area contributed by atoms with Crippen molar-refractivity contribution in [1.82, 2.24) is 10.2 Å². The molecule has 8 nitrogen and oxygen atoms in total. The Bertz CT molecular complexity index is 1040. The average molecular weight is 393 g/mol. The molecule has 26 heavy (non-hydrogen) atoms. The van der Waals surface area contributed by atoms with Gasteiger partial charge in [-0.2, -0.15) is 0 Å². The lowest BCUT2D eigenvalue weighted by Crippen LogP contribution is -2.16. The quantitative estimate of drug-likeness (QED) is 0.636. The van der Waals surface area contributed by atoms with E-state index in [0.29, 0.717) is 17.2 Å². The van der Waals surface area contributed by atoms with E-state index in [9.17, 15) is 13.2 Å². The molecule has 3 rings (SSSR count). The zero-order chi connectivity index (χ0) is 18.7. The molecular weight excluding hydrogens is 378 g/mol. The van der Waals surface area contributed by atoms with Gasteiger partial charge in [0.05, 0.1) is 28.2 Å². The van der Waals surface area contributed by atoms with Crippen molar-refractivity contribution >= 4 is 33.2 Å². The number of hydrogen-bond acceptors (Lipinski definition) is 8. The van der Waals surface area contributed by atoms with Crippen molar-refractivity contribution in [3.05, 3.63) is 42.4 Å². The lowest BCUT2D eigenvalue weighted by Gasteiger charge is -2.08. The Kier molecular flexibility index (Phi) is 5.14. The number of thioether (sulfide) groups is 1. The van der Waals surface area contributed by atoms with Crippen molar-refractivity contribution in [3.63, 3.8) is 0 Å². The third-order valence-electron chi connectivity index (χ3n) is 3.38. The van der Waals surface area contributed by atoms with E-state index in [0.717, 1.165) is 18.0 Å². The molecule has 0 aliphatic rings. The summed E-state index contributed by atoms with van der Waals surface area (Å²) in [5.41, 5.74) is 0.928. The van der Waals surface area contributed by atoms with E-state index in [1.165, 1.54) is 18.4 Å². The van der Waals surface area contributed by atoms with Crippen molar-refractivity contribution in [3.8, 4) is 11.5 Å². The van der Waals surface area contributed by atoms with Crippen LogP contribution in [0.25, 0.3) is 11.5 Å². The maximum absolute atomic E-state index is 12.1. The fraction of sp³-hybridized carbons (Fsp3) is 0.188. The molecule has 0 saturated heterocycles. The highest BCUT2D eigenvalue weighted by atomic mass is 32.2. The monoisotopic (exact) mass is 393 g/mol. The number of nitrogens with one attached hydrogen (secondary N) is 1. The fourth-order valence-electron chi connectivity index (χ4n) is 2.19. The molecule has 1 N–H and O–H groups in total. The molecule has 136 valence electrons. The number of aryl methyl sites for hydroxylation is 1. The number of aromatic nitrogens is 2. The number of carbonyl (C=O) groups is 1. The van der Waals surface area contributed by atoms with Crippen molar-refractivity contribution < 1.29 is 22.0 Å². The molecule has 0 aliphatic heterocycles. The number of sulfone groups is 1. The highest BCUT2D eigenvalue weighted by Gasteiger charge is 2.17. The van der Waals surface area contributed by atoms with Crippen LogP contribution in [0.1, 0.15) is 5.76 Å². The van der Waals surface area contributed by atoms with E-state index < -0.39 is 9.84 Å².